The number of pyridine rings is 1. The maximum Gasteiger partial charge on any atom is 0.305 e. The first-order chi connectivity index (χ1) is 16.3. The van der Waals surface area contributed by atoms with Gasteiger partial charge in [0.2, 0.25) is 5.88 Å². The number of piperidine rings is 1. The molecule has 2 saturated heterocycles. The van der Waals surface area contributed by atoms with Crippen LogP contribution in [0.1, 0.15) is 33.6 Å². The highest BCUT2D eigenvalue weighted by atomic mass is 35.5. The van der Waals surface area contributed by atoms with Crippen LogP contribution in [0.2, 0.25) is 5.02 Å². The molecule has 5 atom stereocenters. The van der Waals surface area contributed by atoms with Crippen molar-refractivity contribution >= 4 is 28.9 Å². The SMILES string of the molecule is COc1cc(N2CCC(Oc3ccc(N4C[C@@H](C)[C@H](C)[C@H]4CC(=O)O)cc3)C(C)C2)c(Cl)cn1. The largest absolute Gasteiger partial charge is 0.490 e. The normalized spacial score (nSPS) is 27.0. The van der Waals surface area contributed by atoms with Crippen LogP contribution in [0.5, 0.6) is 11.6 Å². The molecule has 0 amide bonds. The number of benzene rings is 1. The number of carboxylic acids is 1. The minimum absolute atomic E-state index is 0.0160. The molecular weight excluding hydrogens is 454 g/mol. The van der Waals surface area contributed by atoms with Gasteiger partial charge in [-0.05, 0) is 36.1 Å². The van der Waals surface area contributed by atoms with Crippen molar-refractivity contribution in [1.82, 2.24) is 4.98 Å². The van der Waals surface area contributed by atoms with E-state index in [1.807, 2.05) is 18.2 Å². The van der Waals surface area contributed by atoms with Gasteiger partial charge in [0.15, 0.2) is 0 Å². The lowest BCUT2D eigenvalue weighted by atomic mass is 9.92. The summed E-state index contributed by atoms with van der Waals surface area (Å²) >= 11 is 6.40. The highest BCUT2D eigenvalue weighted by Crippen LogP contribution is 2.37. The van der Waals surface area contributed by atoms with Crippen LogP contribution in [-0.2, 0) is 4.79 Å². The Morgan fingerprint density at radius 3 is 2.56 bits per heavy atom. The first kappa shape index (κ1) is 24.5. The van der Waals surface area contributed by atoms with E-state index in [-0.39, 0.29) is 18.6 Å². The first-order valence-electron chi connectivity index (χ1n) is 12.0. The van der Waals surface area contributed by atoms with Crippen LogP contribution >= 0.6 is 11.6 Å². The van der Waals surface area contributed by atoms with Crippen LogP contribution in [-0.4, -0.2) is 54.9 Å². The zero-order chi connectivity index (χ0) is 24.4. The van der Waals surface area contributed by atoms with Gasteiger partial charge in [-0.2, -0.15) is 0 Å². The highest BCUT2D eigenvalue weighted by Gasteiger charge is 2.38. The summed E-state index contributed by atoms with van der Waals surface area (Å²) in [6, 6.07) is 10.0. The minimum atomic E-state index is -0.747. The predicted octanol–water partition coefficient (Wildman–Crippen LogP) is 4.97. The van der Waals surface area contributed by atoms with Crippen molar-refractivity contribution < 1.29 is 19.4 Å². The van der Waals surface area contributed by atoms with Crippen molar-refractivity contribution in [2.45, 2.75) is 45.8 Å². The van der Waals surface area contributed by atoms with E-state index in [1.165, 1.54) is 0 Å². The number of aromatic nitrogens is 1. The molecule has 0 bridgehead atoms. The monoisotopic (exact) mass is 487 g/mol. The molecule has 7 nitrogen and oxygen atoms in total. The number of carboxylic acid groups (broad SMARTS) is 1. The molecule has 1 aromatic heterocycles. The molecule has 2 fully saturated rings. The second kappa shape index (κ2) is 10.3. The van der Waals surface area contributed by atoms with Crippen LogP contribution in [0, 0.1) is 17.8 Å². The summed E-state index contributed by atoms with van der Waals surface area (Å²) in [7, 11) is 1.60. The Labute approximate surface area is 206 Å². The second-order valence-electron chi connectivity index (χ2n) is 9.69. The van der Waals surface area contributed by atoms with Crippen molar-refractivity contribution in [3.05, 3.63) is 41.6 Å². The number of hydrogen-bond donors (Lipinski definition) is 1. The summed E-state index contributed by atoms with van der Waals surface area (Å²) in [5.74, 6) is 1.75. The van der Waals surface area contributed by atoms with E-state index < -0.39 is 5.97 Å². The standard InChI is InChI=1S/C26H34ClN3O4/c1-16-15-30(22(18(16)3)12-26(31)32)19-5-7-20(8-6-19)34-24-9-10-29(14-17(24)2)23-11-25(33-4)28-13-21(23)27/h5-8,11,13,16-18,22,24H,9-10,12,14-15H2,1-4H3,(H,31,32)/t16-,17?,18+,22-,24?/m1/s1. The fourth-order valence-electron chi connectivity index (χ4n) is 5.22. The van der Waals surface area contributed by atoms with Gasteiger partial charge in [0.05, 0.1) is 30.4 Å². The summed E-state index contributed by atoms with van der Waals surface area (Å²) < 4.78 is 11.6. The lowest BCUT2D eigenvalue weighted by molar-refractivity contribution is -0.137. The topological polar surface area (TPSA) is 75.1 Å². The van der Waals surface area contributed by atoms with Gasteiger partial charge in [0, 0.05) is 49.8 Å². The number of halogens is 1. The van der Waals surface area contributed by atoms with Crippen LogP contribution in [0.15, 0.2) is 36.5 Å². The molecule has 2 aromatic rings. The molecule has 34 heavy (non-hydrogen) atoms. The third-order valence-electron chi connectivity index (χ3n) is 7.42. The van der Waals surface area contributed by atoms with Gasteiger partial charge in [-0.3, -0.25) is 4.79 Å². The number of aliphatic carboxylic acids is 1. The van der Waals surface area contributed by atoms with Crippen molar-refractivity contribution in [1.29, 1.82) is 0 Å². The summed E-state index contributed by atoms with van der Waals surface area (Å²) in [5.41, 5.74) is 1.99. The molecule has 8 heteroatoms. The van der Waals surface area contributed by atoms with Gasteiger partial charge in [0.25, 0.3) is 0 Å². The molecule has 0 saturated carbocycles. The highest BCUT2D eigenvalue weighted by molar-refractivity contribution is 6.33. The summed E-state index contributed by atoms with van der Waals surface area (Å²) in [6.07, 6.45) is 2.78. The van der Waals surface area contributed by atoms with Crippen LogP contribution in [0.25, 0.3) is 0 Å². The van der Waals surface area contributed by atoms with Crippen molar-refractivity contribution in [2.24, 2.45) is 17.8 Å². The van der Waals surface area contributed by atoms with E-state index >= 15 is 0 Å². The maximum atomic E-state index is 11.4. The average Bonchev–Trinajstić information content (AvgIpc) is 3.09. The number of methoxy groups -OCH3 is 1. The maximum absolute atomic E-state index is 11.4. The molecule has 2 aliphatic heterocycles. The second-order valence-corrected chi connectivity index (χ2v) is 10.1. The van der Waals surface area contributed by atoms with E-state index in [4.69, 9.17) is 21.1 Å². The fourth-order valence-corrected chi connectivity index (χ4v) is 5.44. The van der Waals surface area contributed by atoms with Crippen LogP contribution in [0.4, 0.5) is 11.4 Å². The van der Waals surface area contributed by atoms with Gasteiger partial charge >= 0.3 is 5.97 Å². The fraction of sp³-hybridized carbons (Fsp3) is 0.538. The summed E-state index contributed by atoms with van der Waals surface area (Å²) in [4.78, 5) is 20.1. The first-order valence-corrected chi connectivity index (χ1v) is 12.3. The number of rotatable bonds is 7. The van der Waals surface area contributed by atoms with Gasteiger partial charge < -0.3 is 24.4 Å². The van der Waals surface area contributed by atoms with E-state index in [0.29, 0.717) is 28.7 Å². The Kier molecular flexibility index (Phi) is 7.41. The molecular formula is C26H34ClN3O4. The number of carbonyl (C=O) groups is 1. The van der Waals surface area contributed by atoms with Gasteiger partial charge in [-0.25, -0.2) is 4.98 Å². The molecule has 3 heterocycles. The Balaban J connectivity index is 1.39. The number of nitrogens with zero attached hydrogens (tertiary/aromatic N) is 3. The molecule has 0 aliphatic carbocycles. The molecule has 2 unspecified atom stereocenters. The van der Waals surface area contributed by atoms with Crippen molar-refractivity contribution in [3.8, 4) is 11.6 Å². The minimum Gasteiger partial charge on any atom is -0.490 e. The third kappa shape index (κ3) is 5.19. The third-order valence-corrected chi connectivity index (χ3v) is 7.71. The molecule has 4 rings (SSSR count). The Bertz CT molecular complexity index is 1000. The lowest BCUT2D eigenvalue weighted by Gasteiger charge is -2.38. The van der Waals surface area contributed by atoms with Gasteiger partial charge in [0.1, 0.15) is 11.9 Å². The average molecular weight is 488 g/mol. The van der Waals surface area contributed by atoms with Crippen LogP contribution in [0.3, 0.4) is 0 Å². The zero-order valence-electron chi connectivity index (χ0n) is 20.3. The van der Waals surface area contributed by atoms with E-state index in [1.54, 1.807) is 13.3 Å². The Morgan fingerprint density at radius 2 is 1.91 bits per heavy atom. The van der Waals surface area contributed by atoms with Crippen molar-refractivity contribution in [3.63, 3.8) is 0 Å². The number of ether oxygens (including phenoxy) is 2. The van der Waals surface area contributed by atoms with E-state index in [0.717, 1.165) is 43.2 Å². The number of hydrogen-bond acceptors (Lipinski definition) is 6. The Hall–Kier alpha value is -2.67. The molecule has 0 spiro atoms. The predicted molar refractivity (Wildman–Crippen MR) is 134 cm³/mol. The molecule has 0 radical (unpaired) electrons. The van der Waals surface area contributed by atoms with Gasteiger partial charge in [-0.1, -0.05) is 32.4 Å². The smallest absolute Gasteiger partial charge is 0.305 e. The quantitative estimate of drug-likeness (QED) is 0.590. The number of anilines is 2. The molecule has 184 valence electrons. The summed E-state index contributed by atoms with van der Waals surface area (Å²) in [5, 5.41) is 9.98. The molecule has 1 aromatic carbocycles. The lowest BCUT2D eigenvalue weighted by Crippen LogP contribution is -2.44. The van der Waals surface area contributed by atoms with Crippen LogP contribution < -0.4 is 19.3 Å². The summed E-state index contributed by atoms with van der Waals surface area (Å²) in [6.45, 7) is 9.08. The van der Waals surface area contributed by atoms with Gasteiger partial charge in [-0.15, -0.1) is 0 Å². The molecule has 1 N–H and O–H groups in total. The zero-order valence-corrected chi connectivity index (χ0v) is 21.0. The van der Waals surface area contributed by atoms with Crippen molar-refractivity contribution in [2.75, 3.05) is 36.5 Å². The Morgan fingerprint density at radius 1 is 1.18 bits per heavy atom. The molecule has 2 aliphatic rings. The van der Waals surface area contributed by atoms with E-state index in [2.05, 4.69) is 47.7 Å². The van der Waals surface area contributed by atoms with E-state index in [9.17, 15) is 9.90 Å².